The zero-order valence-corrected chi connectivity index (χ0v) is 8.65. The van der Waals surface area contributed by atoms with Gasteiger partial charge in [-0.05, 0) is 12.1 Å². The monoisotopic (exact) mass is 245 g/mol. The number of phenols is 1. The zero-order valence-electron chi connectivity index (χ0n) is 6.25. The standard InChI is InChI=1S/C8H8BrNOS/c9-6-2-1-5(3-8(10)12)7(11)4-6/h1-2,4,11H,3H2,(H2,10,12). The number of hydrogen-bond acceptors (Lipinski definition) is 2. The molecular formula is C8H8BrNOS. The minimum absolute atomic E-state index is 0.220. The van der Waals surface area contributed by atoms with E-state index in [1.54, 1.807) is 12.1 Å². The van der Waals surface area contributed by atoms with Gasteiger partial charge in [-0.3, -0.25) is 0 Å². The quantitative estimate of drug-likeness (QED) is 0.784. The summed E-state index contributed by atoms with van der Waals surface area (Å²) in [7, 11) is 0. The molecule has 2 nitrogen and oxygen atoms in total. The normalized spacial score (nSPS) is 9.75. The molecule has 4 heteroatoms. The van der Waals surface area contributed by atoms with Crippen molar-refractivity contribution >= 4 is 33.1 Å². The summed E-state index contributed by atoms with van der Waals surface area (Å²) in [6.45, 7) is 0. The number of halogens is 1. The highest BCUT2D eigenvalue weighted by Gasteiger charge is 2.02. The summed E-state index contributed by atoms with van der Waals surface area (Å²) in [4.78, 5) is 0.382. The first-order valence-corrected chi connectivity index (χ1v) is 4.55. The van der Waals surface area contributed by atoms with E-state index in [1.165, 1.54) is 0 Å². The largest absolute Gasteiger partial charge is 0.508 e. The molecule has 64 valence electrons. The molecule has 0 aliphatic carbocycles. The van der Waals surface area contributed by atoms with Crippen LogP contribution in [0.5, 0.6) is 5.75 Å². The Bertz CT molecular complexity index is 314. The van der Waals surface area contributed by atoms with E-state index in [0.29, 0.717) is 11.4 Å². The average molecular weight is 246 g/mol. The van der Waals surface area contributed by atoms with Gasteiger partial charge in [0, 0.05) is 16.5 Å². The van der Waals surface area contributed by atoms with E-state index >= 15 is 0 Å². The number of aromatic hydroxyl groups is 1. The SMILES string of the molecule is NC(=S)Cc1ccc(Br)cc1O. The van der Waals surface area contributed by atoms with Gasteiger partial charge in [0.15, 0.2) is 0 Å². The molecule has 1 rings (SSSR count). The van der Waals surface area contributed by atoms with Crippen LogP contribution in [0.2, 0.25) is 0 Å². The summed E-state index contributed by atoms with van der Waals surface area (Å²) in [5.74, 6) is 0.220. The van der Waals surface area contributed by atoms with E-state index in [0.717, 1.165) is 10.0 Å². The van der Waals surface area contributed by atoms with Gasteiger partial charge in [-0.25, -0.2) is 0 Å². The van der Waals surface area contributed by atoms with E-state index in [-0.39, 0.29) is 5.75 Å². The first-order valence-electron chi connectivity index (χ1n) is 3.35. The molecule has 1 aromatic carbocycles. The molecule has 0 fully saturated rings. The van der Waals surface area contributed by atoms with Crippen LogP contribution in [-0.2, 0) is 6.42 Å². The van der Waals surface area contributed by atoms with Gasteiger partial charge in [0.1, 0.15) is 5.75 Å². The van der Waals surface area contributed by atoms with E-state index in [1.807, 2.05) is 6.07 Å². The third kappa shape index (κ3) is 2.46. The van der Waals surface area contributed by atoms with Gasteiger partial charge < -0.3 is 10.8 Å². The number of hydrogen-bond donors (Lipinski definition) is 2. The van der Waals surface area contributed by atoms with Crippen molar-refractivity contribution in [2.45, 2.75) is 6.42 Å². The molecule has 0 aliphatic heterocycles. The Balaban J connectivity index is 2.93. The molecule has 0 saturated carbocycles. The van der Waals surface area contributed by atoms with Crippen molar-refractivity contribution in [3.8, 4) is 5.75 Å². The predicted molar refractivity (Wildman–Crippen MR) is 56.3 cm³/mol. The van der Waals surface area contributed by atoms with E-state index in [2.05, 4.69) is 15.9 Å². The Morgan fingerprint density at radius 2 is 2.25 bits per heavy atom. The number of rotatable bonds is 2. The zero-order chi connectivity index (χ0) is 9.14. The predicted octanol–water partition coefficient (Wildman–Crippen LogP) is 1.98. The Labute approximate surface area is 84.5 Å². The first-order chi connectivity index (χ1) is 5.59. The number of phenolic OH excluding ortho intramolecular Hbond substituents is 1. The molecule has 0 unspecified atom stereocenters. The third-order valence-electron chi connectivity index (χ3n) is 1.41. The maximum atomic E-state index is 9.40. The highest BCUT2D eigenvalue weighted by molar-refractivity contribution is 9.10. The maximum Gasteiger partial charge on any atom is 0.120 e. The molecule has 1 aromatic rings. The Hall–Kier alpha value is -0.610. The fraction of sp³-hybridized carbons (Fsp3) is 0.125. The van der Waals surface area contributed by atoms with Crippen LogP contribution >= 0.6 is 28.1 Å². The smallest absolute Gasteiger partial charge is 0.120 e. The maximum absolute atomic E-state index is 9.40. The lowest BCUT2D eigenvalue weighted by molar-refractivity contribution is 0.470. The van der Waals surface area contributed by atoms with Gasteiger partial charge in [-0.2, -0.15) is 0 Å². The van der Waals surface area contributed by atoms with Gasteiger partial charge in [-0.1, -0.05) is 34.2 Å². The highest BCUT2D eigenvalue weighted by atomic mass is 79.9. The number of benzene rings is 1. The lowest BCUT2D eigenvalue weighted by atomic mass is 10.1. The van der Waals surface area contributed by atoms with Gasteiger partial charge in [0.2, 0.25) is 0 Å². The molecular weight excluding hydrogens is 238 g/mol. The van der Waals surface area contributed by atoms with Crippen molar-refractivity contribution in [3.05, 3.63) is 28.2 Å². The highest BCUT2D eigenvalue weighted by Crippen LogP contribution is 2.22. The molecule has 0 bridgehead atoms. The first kappa shape index (κ1) is 9.48. The number of nitrogens with two attached hydrogens (primary N) is 1. The van der Waals surface area contributed by atoms with Crippen LogP contribution in [0.3, 0.4) is 0 Å². The summed E-state index contributed by atoms with van der Waals surface area (Å²) in [5.41, 5.74) is 6.10. The number of thiocarbonyl (C=S) groups is 1. The van der Waals surface area contributed by atoms with Crippen molar-refractivity contribution in [1.29, 1.82) is 0 Å². The molecule has 0 atom stereocenters. The lowest BCUT2D eigenvalue weighted by Gasteiger charge is -2.02. The van der Waals surface area contributed by atoms with Crippen molar-refractivity contribution in [1.82, 2.24) is 0 Å². The molecule has 0 aromatic heterocycles. The van der Waals surface area contributed by atoms with Crippen LogP contribution in [0.4, 0.5) is 0 Å². The second kappa shape index (κ2) is 3.87. The van der Waals surface area contributed by atoms with Gasteiger partial charge in [0.05, 0.1) is 4.99 Å². The van der Waals surface area contributed by atoms with Crippen LogP contribution in [0, 0.1) is 0 Å². The van der Waals surface area contributed by atoms with E-state index < -0.39 is 0 Å². The average Bonchev–Trinajstić information content (AvgIpc) is 1.94. The molecule has 0 saturated heterocycles. The minimum Gasteiger partial charge on any atom is -0.508 e. The van der Waals surface area contributed by atoms with Crippen molar-refractivity contribution < 1.29 is 5.11 Å². The molecule has 3 N–H and O–H groups in total. The lowest BCUT2D eigenvalue weighted by Crippen LogP contribution is -2.10. The molecule has 0 aliphatic rings. The van der Waals surface area contributed by atoms with Crippen molar-refractivity contribution in [2.75, 3.05) is 0 Å². The van der Waals surface area contributed by atoms with E-state index in [9.17, 15) is 5.11 Å². The molecule has 0 radical (unpaired) electrons. The fourth-order valence-corrected chi connectivity index (χ4v) is 1.38. The summed E-state index contributed by atoms with van der Waals surface area (Å²) >= 11 is 7.96. The molecule has 0 heterocycles. The Morgan fingerprint density at radius 1 is 1.58 bits per heavy atom. The Morgan fingerprint density at radius 3 is 2.75 bits per heavy atom. The summed E-state index contributed by atoms with van der Waals surface area (Å²) in [6.07, 6.45) is 0.439. The molecule has 12 heavy (non-hydrogen) atoms. The van der Waals surface area contributed by atoms with Gasteiger partial charge in [-0.15, -0.1) is 0 Å². The van der Waals surface area contributed by atoms with Crippen LogP contribution < -0.4 is 5.73 Å². The second-order valence-electron chi connectivity index (χ2n) is 2.42. The summed E-state index contributed by atoms with van der Waals surface area (Å²) in [6, 6.07) is 5.25. The Kier molecular flexibility index (Phi) is 3.05. The van der Waals surface area contributed by atoms with Crippen molar-refractivity contribution in [2.24, 2.45) is 5.73 Å². The molecule has 0 amide bonds. The third-order valence-corrected chi connectivity index (χ3v) is 2.05. The summed E-state index contributed by atoms with van der Waals surface area (Å²) < 4.78 is 0.840. The fourth-order valence-electron chi connectivity index (χ4n) is 0.874. The van der Waals surface area contributed by atoms with Gasteiger partial charge in [0.25, 0.3) is 0 Å². The van der Waals surface area contributed by atoms with Crippen LogP contribution in [0.15, 0.2) is 22.7 Å². The molecule has 0 spiro atoms. The van der Waals surface area contributed by atoms with Gasteiger partial charge >= 0.3 is 0 Å². The van der Waals surface area contributed by atoms with Crippen LogP contribution in [-0.4, -0.2) is 10.1 Å². The minimum atomic E-state index is 0.220. The second-order valence-corrected chi connectivity index (χ2v) is 3.86. The van der Waals surface area contributed by atoms with E-state index in [4.69, 9.17) is 18.0 Å². The topological polar surface area (TPSA) is 46.2 Å². The van der Waals surface area contributed by atoms with Crippen LogP contribution in [0.1, 0.15) is 5.56 Å². The van der Waals surface area contributed by atoms with Crippen LogP contribution in [0.25, 0.3) is 0 Å². The summed E-state index contributed by atoms with van der Waals surface area (Å²) in [5, 5.41) is 9.40. The van der Waals surface area contributed by atoms with Crippen molar-refractivity contribution in [3.63, 3.8) is 0 Å².